The lowest BCUT2D eigenvalue weighted by molar-refractivity contribution is 1.09. The van der Waals surface area contributed by atoms with E-state index in [4.69, 9.17) is 5.73 Å². The van der Waals surface area contributed by atoms with Gasteiger partial charge in [-0.3, -0.25) is 0 Å². The Morgan fingerprint density at radius 1 is 1.39 bits per heavy atom. The number of aryl methyl sites for hydroxylation is 1. The van der Waals surface area contributed by atoms with Crippen molar-refractivity contribution >= 4 is 38.9 Å². The van der Waals surface area contributed by atoms with E-state index in [0.717, 1.165) is 10.2 Å². The molecular formula is C13H14BrN3S. The number of hydrogen-bond acceptors (Lipinski definition) is 2. The third kappa shape index (κ3) is 3.85. The Bertz CT molecular complexity index is 546. The standard InChI is InChI=1S/C13H14BrN3S/c1-9-2-4-11(5-3-9)17-13(15)16-7-12-6-10(14)8-18-12/h2-6,8H,7H2,1H3,(H3,15,16,17). The number of nitrogens with one attached hydrogen (secondary N) is 1. The molecule has 0 amide bonds. The maximum atomic E-state index is 5.83. The van der Waals surface area contributed by atoms with Gasteiger partial charge >= 0.3 is 0 Å². The quantitative estimate of drug-likeness (QED) is 0.667. The Morgan fingerprint density at radius 2 is 2.11 bits per heavy atom. The predicted molar refractivity (Wildman–Crippen MR) is 82.1 cm³/mol. The normalized spacial score (nSPS) is 11.6. The molecule has 18 heavy (non-hydrogen) atoms. The molecule has 0 saturated carbocycles. The molecule has 0 aliphatic rings. The first kappa shape index (κ1) is 13.1. The van der Waals surface area contributed by atoms with Crippen molar-refractivity contribution in [3.05, 3.63) is 50.6 Å². The number of aliphatic imine (C=N–C) groups is 1. The highest BCUT2D eigenvalue weighted by Gasteiger charge is 1.98. The third-order valence-electron chi connectivity index (χ3n) is 2.35. The van der Waals surface area contributed by atoms with Crippen molar-refractivity contribution in [2.75, 3.05) is 5.32 Å². The topological polar surface area (TPSA) is 50.4 Å². The van der Waals surface area contributed by atoms with Crippen LogP contribution in [0.1, 0.15) is 10.4 Å². The number of halogens is 1. The number of benzene rings is 1. The summed E-state index contributed by atoms with van der Waals surface area (Å²) in [5.74, 6) is 0.434. The van der Waals surface area contributed by atoms with Gasteiger partial charge in [-0.2, -0.15) is 0 Å². The lowest BCUT2D eigenvalue weighted by Gasteiger charge is -2.05. The molecule has 3 nitrogen and oxygen atoms in total. The van der Waals surface area contributed by atoms with E-state index in [-0.39, 0.29) is 0 Å². The summed E-state index contributed by atoms with van der Waals surface area (Å²) >= 11 is 5.08. The number of guanidine groups is 1. The van der Waals surface area contributed by atoms with Crippen molar-refractivity contribution in [3.8, 4) is 0 Å². The molecule has 0 unspecified atom stereocenters. The molecular weight excluding hydrogens is 310 g/mol. The second kappa shape index (κ2) is 6.02. The Kier molecular flexibility index (Phi) is 4.38. The van der Waals surface area contributed by atoms with Crippen LogP contribution in [0.5, 0.6) is 0 Å². The van der Waals surface area contributed by atoms with E-state index in [9.17, 15) is 0 Å². The summed E-state index contributed by atoms with van der Waals surface area (Å²) in [5.41, 5.74) is 8.00. The van der Waals surface area contributed by atoms with Crippen LogP contribution in [-0.2, 0) is 6.54 Å². The van der Waals surface area contributed by atoms with Crippen LogP contribution >= 0.6 is 27.3 Å². The summed E-state index contributed by atoms with van der Waals surface area (Å²) in [6.45, 7) is 2.65. The molecule has 0 aliphatic heterocycles. The lowest BCUT2D eigenvalue weighted by atomic mass is 10.2. The average Bonchev–Trinajstić information content (AvgIpc) is 2.76. The van der Waals surface area contributed by atoms with Crippen LogP contribution in [0.25, 0.3) is 0 Å². The monoisotopic (exact) mass is 323 g/mol. The average molecular weight is 324 g/mol. The molecule has 1 aromatic heterocycles. The van der Waals surface area contributed by atoms with E-state index < -0.39 is 0 Å². The summed E-state index contributed by atoms with van der Waals surface area (Å²) < 4.78 is 1.09. The van der Waals surface area contributed by atoms with Gasteiger partial charge in [-0.05, 0) is 41.1 Å². The zero-order valence-electron chi connectivity index (χ0n) is 9.98. The van der Waals surface area contributed by atoms with Crippen LogP contribution in [-0.4, -0.2) is 5.96 Å². The fourth-order valence-electron chi connectivity index (χ4n) is 1.42. The maximum Gasteiger partial charge on any atom is 0.193 e. The third-order valence-corrected chi connectivity index (χ3v) is 4.03. The van der Waals surface area contributed by atoms with Gasteiger partial charge in [0.2, 0.25) is 0 Å². The smallest absolute Gasteiger partial charge is 0.193 e. The van der Waals surface area contributed by atoms with Crippen molar-refractivity contribution in [3.63, 3.8) is 0 Å². The minimum Gasteiger partial charge on any atom is -0.370 e. The molecule has 1 aromatic carbocycles. The Morgan fingerprint density at radius 3 is 2.72 bits per heavy atom. The van der Waals surface area contributed by atoms with E-state index >= 15 is 0 Å². The van der Waals surface area contributed by atoms with Crippen molar-refractivity contribution in [2.24, 2.45) is 10.7 Å². The number of rotatable bonds is 3. The first-order valence-electron chi connectivity index (χ1n) is 5.50. The summed E-state index contributed by atoms with van der Waals surface area (Å²) in [6.07, 6.45) is 0. The molecule has 0 spiro atoms. The van der Waals surface area contributed by atoms with Gasteiger partial charge in [-0.15, -0.1) is 11.3 Å². The number of anilines is 1. The van der Waals surface area contributed by atoms with Gasteiger partial charge in [-0.25, -0.2) is 4.99 Å². The molecule has 0 radical (unpaired) electrons. The van der Waals surface area contributed by atoms with Gasteiger partial charge in [0.1, 0.15) is 0 Å². The molecule has 0 atom stereocenters. The fourth-order valence-corrected chi connectivity index (χ4v) is 2.80. The van der Waals surface area contributed by atoms with E-state index in [1.54, 1.807) is 11.3 Å². The Hall–Kier alpha value is -1.33. The fraction of sp³-hybridized carbons (Fsp3) is 0.154. The zero-order valence-corrected chi connectivity index (χ0v) is 12.4. The second-order valence-electron chi connectivity index (χ2n) is 3.92. The minimum atomic E-state index is 0.434. The second-order valence-corrected chi connectivity index (χ2v) is 5.84. The van der Waals surface area contributed by atoms with Crippen LogP contribution < -0.4 is 11.1 Å². The van der Waals surface area contributed by atoms with E-state index in [2.05, 4.69) is 33.2 Å². The van der Waals surface area contributed by atoms with Gasteiger partial charge in [0.25, 0.3) is 0 Å². The summed E-state index contributed by atoms with van der Waals surface area (Å²) in [4.78, 5) is 5.47. The van der Waals surface area contributed by atoms with Gasteiger partial charge in [0.15, 0.2) is 5.96 Å². The van der Waals surface area contributed by atoms with E-state index in [0.29, 0.717) is 12.5 Å². The summed E-state index contributed by atoms with van der Waals surface area (Å²) in [6, 6.07) is 10.1. The number of nitrogens with zero attached hydrogens (tertiary/aromatic N) is 1. The van der Waals surface area contributed by atoms with Crippen LogP contribution in [0.15, 0.2) is 45.2 Å². The van der Waals surface area contributed by atoms with Crippen LogP contribution in [0.3, 0.4) is 0 Å². The van der Waals surface area contributed by atoms with E-state index in [1.165, 1.54) is 10.4 Å². The molecule has 2 aromatic rings. The van der Waals surface area contributed by atoms with Crippen LogP contribution in [0.2, 0.25) is 0 Å². The van der Waals surface area contributed by atoms with E-state index in [1.807, 2.05) is 35.7 Å². The van der Waals surface area contributed by atoms with Gasteiger partial charge in [-0.1, -0.05) is 17.7 Å². The first-order chi connectivity index (χ1) is 8.63. The highest BCUT2D eigenvalue weighted by molar-refractivity contribution is 9.10. The number of hydrogen-bond donors (Lipinski definition) is 2. The van der Waals surface area contributed by atoms with Crippen molar-refractivity contribution in [1.82, 2.24) is 0 Å². The maximum absolute atomic E-state index is 5.83. The highest BCUT2D eigenvalue weighted by atomic mass is 79.9. The molecule has 0 bridgehead atoms. The van der Waals surface area contributed by atoms with Gasteiger partial charge < -0.3 is 11.1 Å². The molecule has 0 saturated heterocycles. The van der Waals surface area contributed by atoms with Crippen LogP contribution in [0.4, 0.5) is 5.69 Å². The lowest BCUT2D eigenvalue weighted by Crippen LogP contribution is -2.22. The zero-order chi connectivity index (χ0) is 13.0. The molecule has 0 aliphatic carbocycles. The largest absolute Gasteiger partial charge is 0.370 e. The SMILES string of the molecule is Cc1ccc(NC(N)=NCc2cc(Br)cs2)cc1. The molecule has 2 rings (SSSR count). The van der Waals surface area contributed by atoms with Gasteiger partial charge in [0.05, 0.1) is 6.54 Å². The number of nitrogens with two attached hydrogens (primary N) is 1. The Balaban J connectivity index is 1.95. The van der Waals surface area contributed by atoms with Gasteiger partial charge in [0, 0.05) is 20.4 Å². The summed E-state index contributed by atoms with van der Waals surface area (Å²) in [5, 5.41) is 5.10. The molecule has 94 valence electrons. The molecule has 0 fully saturated rings. The highest BCUT2D eigenvalue weighted by Crippen LogP contribution is 2.20. The molecule has 3 N–H and O–H groups in total. The molecule has 1 heterocycles. The predicted octanol–water partition coefficient (Wildman–Crippen LogP) is 3.75. The minimum absolute atomic E-state index is 0.434. The van der Waals surface area contributed by atoms with Crippen molar-refractivity contribution in [2.45, 2.75) is 13.5 Å². The Labute approximate surface area is 119 Å². The first-order valence-corrected chi connectivity index (χ1v) is 7.17. The van der Waals surface area contributed by atoms with Crippen molar-refractivity contribution in [1.29, 1.82) is 0 Å². The summed E-state index contributed by atoms with van der Waals surface area (Å²) in [7, 11) is 0. The molecule has 5 heteroatoms. The van der Waals surface area contributed by atoms with Crippen molar-refractivity contribution < 1.29 is 0 Å². The van der Waals surface area contributed by atoms with Crippen LogP contribution in [0, 0.1) is 6.92 Å². The number of thiophene rings is 1.